The molecule has 0 saturated carbocycles. The molecule has 0 bridgehead atoms. The van der Waals surface area contributed by atoms with Gasteiger partial charge in [0.2, 0.25) is 11.8 Å². The third kappa shape index (κ3) is 8.82. The fourth-order valence-electron chi connectivity index (χ4n) is 5.09. The zero-order valence-corrected chi connectivity index (χ0v) is 25.4. The van der Waals surface area contributed by atoms with Crippen LogP contribution in [0, 0.1) is 0 Å². The maximum Gasteiger partial charge on any atom is 0.329 e. The molecule has 4 amide bonds. The van der Waals surface area contributed by atoms with E-state index in [1.807, 2.05) is 0 Å². The van der Waals surface area contributed by atoms with Crippen LogP contribution in [0.25, 0.3) is 11.0 Å². The molecule has 4 atom stereocenters. The van der Waals surface area contributed by atoms with Crippen molar-refractivity contribution in [2.45, 2.75) is 76.3 Å². The van der Waals surface area contributed by atoms with Crippen LogP contribution in [0.3, 0.4) is 0 Å². The zero-order valence-electron chi connectivity index (χ0n) is 25.4. The molecule has 1 aliphatic heterocycles. The van der Waals surface area contributed by atoms with Crippen molar-refractivity contribution in [1.82, 2.24) is 25.5 Å². The quantitative estimate of drug-likeness (QED) is 0.227. The van der Waals surface area contributed by atoms with Gasteiger partial charge in [-0.25, -0.2) is 9.78 Å². The Balaban J connectivity index is 1.55. The second-order valence-corrected chi connectivity index (χ2v) is 11.9. The number of esters is 1. The number of para-hydroxylation sites is 2. The van der Waals surface area contributed by atoms with Gasteiger partial charge >= 0.3 is 5.97 Å². The Morgan fingerprint density at radius 3 is 2.36 bits per heavy atom. The van der Waals surface area contributed by atoms with Crippen molar-refractivity contribution in [3.8, 4) is 0 Å². The molecule has 0 spiro atoms. The fourth-order valence-corrected chi connectivity index (χ4v) is 5.09. The summed E-state index contributed by atoms with van der Waals surface area (Å²) < 4.78 is 5.49. The van der Waals surface area contributed by atoms with Crippen LogP contribution in [-0.2, 0) is 30.3 Å². The summed E-state index contributed by atoms with van der Waals surface area (Å²) in [5.41, 5.74) is 6.26. The van der Waals surface area contributed by atoms with Crippen molar-refractivity contribution < 1.29 is 33.8 Å². The van der Waals surface area contributed by atoms with Crippen LogP contribution in [-0.4, -0.2) is 85.9 Å². The van der Waals surface area contributed by atoms with Gasteiger partial charge in [0.15, 0.2) is 6.10 Å². The highest BCUT2D eigenvalue weighted by molar-refractivity contribution is 5.98. The second-order valence-electron chi connectivity index (χ2n) is 11.9. The summed E-state index contributed by atoms with van der Waals surface area (Å²) in [6.07, 6.45) is -0.163. The van der Waals surface area contributed by atoms with E-state index < -0.39 is 65.8 Å². The number of nitrogens with one attached hydrogen (secondary N) is 2. The van der Waals surface area contributed by atoms with E-state index in [2.05, 4.69) is 20.6 Å². The second kappa shape index (κ2) is 14.2. The van der Waals surface area contributed by atoms with Crippen molar-refractivity contribution >= 4 is 40.6 Å². The van der Waals surface area contributed by atoms with Gasteiger partial charge in [-0.15, -0.1) is 0 Å². The van der Waals surface area contributed by atoms with Crippen LogP contribution < -0.4 is 16.4 Å². The van der Waals surface area contributed by atoms with Crippen LogP contribution in [0.5, 0.6) is 0 Å². The molecule has 45 heavy (non-hydrogen) atoms. The number of aromatic nitrogens is 2. The van der Waals surface area contributed by atoms with Crippen LogP contribution in [0.2, 0.25) is 0 Å². The molecule has 4 rings (SSSR count). The molecule has 0 radical (unpaired) electrons. The number of primary amides is 1. The molecule has 13 nitrogen and oxygen atoms in total. The van der Waals surface area contributed by atoms with Gasteiger partial charge in [-0.3, -0.25) is 24.2 Å². The summed E-state index contributed by atoms with van der Waals surface area (Å²) in [6, 6.07) is 12.2. The molecule has 1 fully saturated rings. The average Bonchev–Trinajstić information content (AvgIpc) is 3.49. The number of rotatable bonds is 11. The molecule has 3 aromatic rings. The maximum atomic E-state index is 13.6. The van der Waals surface area contributed by atoms with E-state index in [0.717, 1.165) is 0 Å². The Kier molecular flexibility index (Phi) is 10.4. The predicted molar refractivity (Wildman–Crippen MR) is 163 cm³/mol. The fraction of sp³-hybridized carbons (Fsp3) is 0.406. The SMILES string of the molecule is CC(C)(C)OC(=O)[C@@H]1CCCN1C(=O)C(O)C(Cc1ccccc1)NC(=O)[C@H](CC(N)=O)NC(=O)c1cnc2ccccc2n1. The third-order valence-electron chi connectivity index (χ3n) is 7.18. The Morgan fingerprint density at radius 1 is 1.02 bits per heavy atom. The number of aliphatic hydroxyl groups is 1. The number of hydrogen-bond donors (Lipinski definition) is 4. The molecule has 5 N–H and O–H groups in total. The van der Waals surface area contributed by atoms with E-state index in [-0.39, 0.29) is 18.7 Å². The number of ether oxygens (including phenoxy) is 1. The molecule has 13 heteroatoms. The molecule has 1 saturated heterocycles. The highest BCUT2D eigenvalue weighted by atomic mass is 16.6. The minimum atomic E-state index is -1.77. The number of nitrogens with two attached hydrogens (primary N) is 1. The Bertz CT molecular complexity index is 1560. The van der Waals surface area contributed by atoms with Gasteiger partial charge in [0.25, 0.3) is 11.8 Å². The van der Waals surface area contributed by atoms with E-state index in [1.165, 1.54) is 11.1 Å². The molecule has 1 aliphatic rings. The number of carbonyl (C=O) groups excluding carboxylic acids is 5. The average molecular weight is 619 g/mol. The molecule has 1 aromatic heterocycles. The maximum absolute atomic E-state index is 13.6. The normalized spacial score (nSPS) is 16.8. The lowest BCUT2D eigenvalue weighted by molar-refractivity contribution is -0.165. The van der Waals surface area contributed by atoms with Gasteiger partial charge in [0, 0.05) is 6.54 Å². The molecular weight excluding hydrogens is 580 g/mol. The Hall–Kier alpha value is -4.91. The minimum absolute atomic E-state index is 0.0256. The van der Waals surface area contributed by atoms with Crippen LogP contribution in [0.1, 0.15) is 56.1 Å². The van der Waals surface area contributed by atoms with Crippen molar-refractivity contribution in [3.05, 3.63) is 72.1 Å². The summed E-state index contributed by atoms with van der Waals surface area (Å²) in [5, 5.41) is 16.5. The number of amides is 4. The van der Waals surface area contributed by atoms with Crippen LogP contribution in [0.15, 0.2) is 60.8 Å². The van der Waals surface area contributed by atoms with Gasteiger partial charge in [0.05, 0.1) is 29.7 Å². The van der Waals surface area contributed by atoms with E-state index in [0.29, 0.717) is 29.4 Å². The molecule has 2 unspecified atom stereocenters. The van der Waals surface area contributed by atoms with Crippen molar-refractivity contribution in [3.63, 3.8) is 0 Å². The Morgan fingerprint density at radius 2 is 1.69 bits per heavy atom. The predicted octanol–water partition coefficient (Wildman–Crippen LogP) is 1.02. The largest absolute Gasteiger partial charge is 0.458 e. The number of nitrogens with zero attached hydrogens (tertiary/aromatic N) is 3. The van der Waals surface area contributed by atoms with Crippen LogP contribution >= 0.6 is 0 Å². The lowest BCUT2D eigenvalue weighted by atomic mass is 9.99. The van der Waals surface area contributed by atoms with E-state index >= 15 is 0 Å². The number of likely N-dealkylation sites (tertiary alicyclic amines) is 1. The number of hydrogen-bond acceptors (Lipinski definition) is 9. The summed E-state index contributed by atoms with van der Waals surface area (Å²) in [4.78, 5) is 74.8. The lowest BCUT2D eigenvalue weighted by Gasteiger charge is -2.32. The smallest absolute Gasteiger partial charge is 0.329 e. The van der Waals surface area contributed by atoms with Crippen molar-refractivity contribution in [2.24, 2.45) is 5.73 Å². The van der Waals surface area contributed by atoms with E-state index in [9.17, 15) is 29.1 Å². The Labute approximate surface area is 260 Å². The first kappa shape index (κ1) is 33.0. The van der Waals surface area contributed by atoms with Gasteiger partial charge in [-0.05, 0) is 57.7 Å². The monoisotopic (exact) mass is 618 g/mol. The number of fused-ring (bicyclic) bond motifs is 1. The third-order valence-corrected chi connectivity index (χ3v) is 7.18. The van der Waals surface area contributed by atoms with Gasteiger partial charge in [0.1, 0.15) is 23.4 Å². The summed E-state index contributed by atoms with van der Waals surface area (Å²) in [7, 11) is 0. The van der Waals surface area contributed by atoms with E-state index in [1.54, 1.807) is 75.4 Å². The van der Waals surface area contributed by atoms with E-state index in [4.69, 9.17) is 10.5 Å². The lowest BCUT2D eigenvalue weighted by Crippen LogP contribution is -2.58. The number of benzene rings is 2. The molecule has 2 aromatic carbocycles. The van der Waals surface area contributed by atoms with Crippen molar-refractivity contribution in [2.75, 3.05) is 6.54 Å². The molecule has 238 valence electrons. The molecular formula is C32H38N6O7. The summed E-state index contributed by atoms with van der Waals surface area (Å²) >= 11 is 0. The zero-order chi connectivity index (χ0) is 32.7. The standard InChI is InChI=1S/C32H38N6O7/c1-32(2,3)45-31(44)25-14-9-15-38(25)30(43)27(40)22(16-19-10-5-4-6-11-19)36-28(41)23(17-26(33)39)37-29(42)24-18-34-20-12-7-8-13-21(20)35-24/h4-8,10-13,18,22-23,25,27,40H,9,14-17H2,1-3H3,(H2,33,39)(H,36,41)(H,37,42)/t22?,23-,25-,27?/m0/s1. The van der Waals surface area contributed by atoms with Gasteiger partial charge < -0.3 is 31.1 Å². The first-order valence-electron chi connectivity index (χ1n) is 14.7. The summed E-state index contributed by atoms with van der Waals surface area (Å²) in [5.74, 6) is -3.83. The number of carbonyl (C=O) groups is 5. The number of aliphatic hydroxyl groups excluding tert-OH is 1. The van der Waals surface area contributed by atoms with Crippen LogP contribution in [0.4, 0.5) is 0 Å². The minimum Gasteiger partial charge on any atom is -0.458 e. The van der Waals surface area contributed by atoms with Crippen molar-refractivity contribution in [1.29, 1.82) is 0 Å². The topological polar surface area (TPSA) is 194 Å². The highest BCUT2D eigenvalue weighted by Crippen LogP contribution is 2.23. The molecule has 0 aliphatic carbocycles. The highest BCUT2D eigenvalue weighted by Gasteiger charge is 2.41. The summed E-state index contributed by atoms with van der Waals surface area (Å²) in [6.45, 7) is 5.39. The van der Waals surface area contributed by atoms with Gasteiger partial charge in [-0.2, -0.15) is 0 Å². The van der Waals surface area contributed by atoms with Gasteiger partial charge in [-0.1, -0.05) is 42.5 Å². The first-order chi connectivity index (χ1) is 21.3. The first-order valence-corrected chi connectivity index (χ1v) is 14.7. The molecule has 2 heterocycles.